The van der Waals surface area contributed by atoms with E-state index in [-0.39, 0.29) is 16.6 Å². The zero-order chi connectivity index (χ0) is 19.4. The van der Waals surface area contributed by atoms with Gasteiger partial charge in [-0.25, -0.2) is 14.6 Å². The number of ether oxygens (including phenoxy) is 1. The number of nitro groups is 1. The van der Waals surface area contributed by atoms with E-state index >= 15 is 0 Å². The molecule has 0 aliphatic carbocycles. The number of nitrogens with zero attached hydrogens (tertiary/aromatic N) is 2. The second kappa shape index (κ2) is 7.70. The van der Waals surface area contributed by atoms with E-state index in [1.807, 2.05) is 0 Å². The summed E-state index contributed by atoms with van der Waals surface area (Å²) < 4.78 is 4.87. The summed E-state index contributed by atoms with van der Waals surface area (Å²) in [7, 11) is 0. The number of nitro benzene ring substituents is 1. The predicted octanol–water partition coefficient (Wildman–Crippen LogP) is 2.49. The van der Waals surface area contributed by atoms with Crippen LogP contribution in [0.25, 0.3) is 0 Å². The predicted molar refractivity (Wildman–Crippen MR) is 90.8 cm³/mol. The number of amides is 1. The molecule has 0 aliphatic rings. The smallest absolute Gasteiger partial charge is 0.350 e. The topological polar surface area (TPSA) is 149 Å². The lowest BCUT2D eigenvalue weighted by molar-refractivity contribution is -0.385. The van der Waals surface area contributed by atoms with Crippen LogP contribution in [0, 0.1) is 17.0 Å². The van der Waals surface area contributed by atoms with Crippen molar-refractivity contribution in [3.8, 4) is 0 Å². The molecule has 0 unspecified atom stereocenters. The molecule has 0 aliphatic heterocycles. The number of carboxylic acids is 1. The van der Waals surface area contributed by atoms with Crippen molar-refractivity contribution in [3.63, 3.8) is 0 Å². The van der Waals surface area contributed by atoms with Crippen molar-refractivity contribution in [3.05, 3.63) is 50.0 Å². The Labute approximate surface area is 150 Å². The molecule has 0 radical (unpaired) electrons. The lowest BCUT2D eigenvalue weighted by Crippen LogP contribution is -2.17. The minimum atomic E-state index is -1.61. The molecule has 10 nitrogen and oxygen atoms in total. The van der Waals surface area contributed by atoms with Crippen LogP contribution in [0.15, 0.2) is 18.2 Å². The molecule has 0 saturated heterocycles. The fourth-order valence-corrected chi connectivity index (χ4v) is 2.96. The summed E-state index contributed by atoms with van der Waals surface area (Å²) in [4.78, 5) is 49.8. The van der Waals surface area contributed by atoms with E-state index < -0.39 is 39.6 Å². The van der Waals surface area contributed by atoms with Gasteiger partial charge in [-0.3, -0.25) is 20.2 Å². The van der Waals surface area contributed by atoms with Crippen LogP contribution in [0.4, 0.5) is 10.8 Å². The van der Waals surface area contributed by atoms with Crippen LogP contribution in [0.5, 0.6) is 0 Å². The van der Waals surface area contributed by atoms with Gasteiger partial charge in [-0.15, -0.1) is 0 Å². The average Bonchev–Trinajstić information content (AvgIpc) is 2.94. The second-order valence-electron chi connectivity index (χ2n) is 4.87. The van der Waals surface area contributed by atoms with Gasteiger partial charge in [0.1, 0.15) is 10.4 Å². The normalized spacial score (nSPS) is 10.2. The fraction of sp³-hybridized carbons (Fsp3) is 0.200. The van der Waals surface area contributed by atoms with Crippen molar-refractivity contribution in [1.29, 1.82) is 0 Å². The van der Waals surface area contributed by atoms with Gasteiger partial charge in [0.25, 0.3) is 11.6 Å². The molecule has 0 spiro atoms. The van der Waals surface area contributed by atoms with Gasteiger partial charge < -0.3 is 9.84 Å². The van der Waals surface area contributed by atoms with Crippen LogP contribution in [0.1, 0.15) is 43.0 Å². The Kier molecular flexibility index (Phi) is 5.62. The largest absolute Gasteiger partial charge is 0.477 e. The van der Waals surface area contributed by atoms with E-state index in [1.54, 1.807) is 13.8 Å². The Morgan fingerprint density at radius 2 is 2.08 bits per heavy atom. The van der Waals surface area contributed by atoms with E-state index in [1.165, 1.54) is 6.07 Å². The summed E-state index contributed by atoms with van der Waals surface area (Å²) in [6.45, 7) is 3.37. The average molecular weight is 379 g/mol. The van der Waals surface area contributed by atoms with Crippen molar-refractivity contribution < 1.29 is 29.2 Å². The van der Waals surface area contributed by atoms with Crippen LogP contribution < -0.4 is 5.32 Å². The van der Waals surface area contributed by atoms with Gasteiger partial charge in [-0.2, -0.15) is 0 Å². The van der Waals surface area contributed by atoms with Crippen molar-refractivity contribution in [2.75, 3.05) is 11.9 Å². The summed E-state index contributed by atoms with van der Waals surface area (Å²) in [6.07, 6.45) is 0. The summed E-state index contributed by atoms with van der Waals surface area (Å²) in [6, 6.07) is 3.35. The van der Waals surface area contributed by atoms with Gasteiger partial charge in [0.05, 0.1) is 22.8 Å². The van der Waals surface area contributed by atoms with E-state index in [2.05, 4.69) is 10.3 Å². The number of anilines is 1. The highest BCUT2D eigenvalue weighted by Crippen LogP contribution is 2.26. The number of thiazole rings is 1. The van der Waals surface area contributed by atoms with Crippen molar-refractivity contribution in [2.24, 2.45) is 0 Å². The highest BCUT2D eigenvalue weighted by Gasteiger charge is 2.27. The molecule has 0 saturated carbocycles. The molecule has 1 aromatic carbocycles. The molecule has 1 heterocycles. The van der Waals surface area contributed by atoms with Crippen LogP contribution >= 0.6 is 11.3 Å². The van der Waals surface area contributed by atoms with E-state index in [0.29, 0.717) is 5.69 Å². The van der Waals surface area contributed by atoms with E-state index in [0.717, 1.165) is 23.5 Å². The first-order valence-electron chi connectivity index (χ1n) is 7.22. The van der Waals surface area contributed by atoms with Crippen LogP contribution in [-0.2, 0) is 4.74 Å². The minimum Gasteiger partial charge on any atom is -0.477 e. The first kappa shape index (κ1) is 19.0. The number of aryl methyl sites for hydroxylation is 1. The molecule has 26 heavy (non-hydrogen) atoms. The molecule has 2 rings (SSSR count). The fourth-order valence-electron chi connectivity index (χ4n) is 2.11. The molecular weight excluding hydrogens is 366 g/mol. The third kappa shape index (κ3) is 3.83. The van der Waals surface area contributed by atoms with E-state index in [4.69, 9.17) is 4.74 Å². The third-order valence-electron chi connectivity index (χ3n) is 3.18. The third-order valence-corrected chi connectivity index (χ3v) is 4.23. The maximum Gasteiger partial charge on any atom is 0.350 e. The number of carboxylic acid groups (broad SMARTS) is 1. The summed E-state index contributed by atoms with van der Waals surface area (Å²) in [5.41, 5.74) is -1.49. The Bertz CT molecular complexity index is 907. The summed E-state index contributed by atoms with van der Waals surface area (Å²) in [5, 5.41) is 22.6. The number of esters is 1. The van der Waals surface area contributed by atoms with Gasteiger partial charge in [-0.05, 0) is 19.9 Å². The van der Waals surface area contributed by atoms with Gasteiger partial charge in [-0.1, -0.05) is 17.4 Å². The molecule has 1 aromatic heterocycles. The van der Waals surface area contributed by atoms with Gasteiger partial charge in [0.15, 0.2) is 5.13 Å². The minimum absolute atomic E-state index is 0.0402. The van der Waals surface area contributed by atoms with Crippen molar-refractivity contribution in [1.82, 2.24) is 4.98 Å². The molecule has 0 fully saturated rings. The lowest BCUT2D eigenvalue weighted by atomic mass is 10.0. The Morgan fingerprint density at radius 3 is 2.65 bits per heavy atom. The number of hydrogen-bond donors (Lipinski definition) is 2. The zero-order valence-electron chi connectivity index (χ0n) is 13.6. The van der Waals surface area contributed by atoms with Gasteiger partial charge in [0.2, 0.25) is 0 Å². The highest BCUT2D eigenvalue weighted by molar-refractivity contribution is 7.17. The Hall–Kier alpha value is -3.34. The number of aromatic nitrogens is 1. The number of benzene rings is 1. The Balaban J connectivity index is 2.36. The number of hydrogen-bond acceptors (Lipinski definition) is 8. The number of nitrogens with one attached hydrogen (secondary N) is 1. The van der Waals surface area contributed by atoms with Gasteiger partial charge in [0, 0.05) is 6.07 Å². The van der Waals surface area contributed by atoms with Crippen molar-refractivity contribution >= 4 is 40.0 Å². The molecule has 0 bridgehead atoms. The maximum absolute atomic E-state index is 12.4. The van der Waals surface area contributed by atoms with Crippen LogP contribution in [-0.4, -0.2) is 39.5 Å². The molecule has 0 atom stereocenters. The maximum atomic E-state index is 12.4. The van der Waals surface area contributed by atoms with E-state index in [9.17, 15) is 29.6 Å². The van der Waals surface area contributed by atoms with Gasteiger partial charge >= 0.3 is 11.9 Å². The number of rotatable bonds is 6. The monoisotopic (exact) mass is 379 g/mol. The van der Waals surface area contributed by atoms with Crippen molar-refractivity contribution in [2.45, 2.75) is 13.8 Å². The quantitative estimate of drug-likeness (QED) is 0.442. The second-order valence-corrected chi connectivity index (χ2v) is 5.87. The summed E-state index contributed by atoms with van der Waals surface area (Å²) >= 11 is 0.856. The number of carbonyl (C=O) groups excluding carboxylic acids is 2. The molecule has 136 valence electrons. The zero-order valence-corrected chi connectivity index (χ0v) is 14.5. The van der Waals surface area contributed by atoms with Crippen LogP contribution in [0.3, 0.4) is 0 Å². The molecule has 11 heteroatoms. The molecule has 1 amide bonds. The first-order chi connectivity index (χ1) is 12.3. The standard InChI is InChI=1S/C15H13N3O7S/c1-3-25-14(22)11-7(2)16-15(26-11)17-12(19)8-5-4-6-9(18(23)24)10(8)13(20)21/h4-6H,3H2,1-2H3,(H,20,21)(H,16,17,19). The molecule has 2 N–H and O–H groups in total. The molecule has 2 aromatic rings. The number of aromatic carboxylic acids is 1. The SMILES string of the molecule is CCOC(=O)c1sc(NC(=O)c2cccc([N+](=O)[O-])c2C(=O)O)nc1C. The lowest BCUT2D eigenvalue weighted by Gasteiger charge is -2.06. The molecular formula is C15H13N3O7S. The number of carbonyl (C=O) groups is 3. The first-order valence-corrected chi connectivity index (χ1v) is 8.04. The van der Waals surface area contributed by atoms with Crippen LogP contribution in [0.2, 0.25) is 0 Å². The Morgan fingerprint density at radius 1 is 1.38 bits per heavy atom. The highest BCUT2D eigenvalue weighted by atomic mass is 32.1. The summed E-state index contributed by atoms with van der Waals surface area (Å²) in [5.74, 6) is -3.09.